The lowest BCUT2D eigenvalue weighted by Gasteiger charge is -2.09. The van der Waals surface area contributed by atoms with Gasteiger partial charge in [0.05, 0.1) is 23.6 Å². The van der Waals surface area contributed by atoms with Crippen LogP contribution in [0.2, 0.25) is 0 Å². The van der Waals surface area contributed by atoms with E-state index in [0.717, 1.165) is 5.01 Å². The standard InChI is InChI=1S/C19H20N4O5S/c1-3-27-9-8-16-22-23-17(25)10-13(21-19(23)29-16)11-28-18(26)14-6-4-5-7-15(14)20-12(2)24/h4-7,10H,3,8-9,11H2,1-2H3,(H,20,24). The molecule has 2 aromatic heterocycles. The molecule has 0 spiro atoms. The van der Waals surface area contributed by atoms with E-state index in [-0.39, 0.29) is 23.6 Å². The molecule has 0 saturated carbocycles. The van der Waals surface area contributed by atoms with Crippen molar-refractivity contribution in [3.05, 3.63) is 57.0 Å². The first kappa shape index (κ1) is 20.6. The summed E-state index contributed by atoms with van der Waals surface area (Å²) in [4.78, 5) is 40.8. The van der Waals surface area contributed by atoms with Gasteiger partial charge in [0.15, 0.2) is 0 Å². The Morgan fingerprint density at radius 3 is 2.83 bits per heavy atom. The van der Waals surface area contributed by atoms with Gasteiger partial charge >= 0.3 is 5.97 Å². The van der Waals surface area contributed by atoms with Crippen molar-refractivity contribution in [2.24, 2.45) is 0 Å². The number of amides is 1. The number of nitrogens with zero attached hydrogens (tertiary/aromatic N) is 3. The summed E-state index contributed by atoms with van der Waals surface area (Å²) in [5, 5.41) is 7.56. The number of esters is 1. The number of fused-ring (bicyclic) bond motifs is 1. The van der Waals surface area contributed by atoms with E-state index >= 15 is 0 Å². The van der Waals surface area contributed by atoms with Crippen molar-refractivity contribution in [1.29, 1.82) is 0 Å². The topological polar surface area (TPSA) is 112 Å². The van der Waals surface area contributed by atoms with Crippen LogP contribution in [0.25, 0.3) is 4.96 Å². The number of nitrogens with one attached hydrogen (secondary N) is 1. The lowest BCUT2D eigenvalue weighted by atomic mass is 10.2. The zero-order valence-corrected chi connectivity index (χ0v) is 16.8. The summed E-state index contributed by atoms with van der Waals surface area (Å²) in [7, 11) is 0. The second-order valence-electron chi connectivity index (χ2n) is 6.03. The molecule has 10 heteroatoms. The Kier molecular flexibility index (Phi) is 6.68. The van der Waals surface area contributed by atoms with Crippen LogP contribution in [0.4, 0.5) is 5.69 Å². The van der Waals surface area contributed by atoms with Crippen molar-refractivity contribution in [3.8, 4) is 0 Å². The Bertz CT molecular complexity index is 1090. The van der Waals surface area contributed by atoms with E-state index in [1.54, 1.807) is 24.3 Å². The number of hydrogen-bond donors (Lipinski definition) is 1. The number of para-hydroxylation sites is 1. The number of anilines is 1. The number of hydrogen-bond acceptors (Lipinski definition) is 8. The van der Waals surface area contributed by atoms with E-state index in [1.807, 2.05) is 6.92 Å². The van der Waals surface area contributed by atoms with Gasteiger partial charge in [-0.3, -0.25) is 9.59 Å². The van der Waals surface area contributed by atoms with E-state index < -0.39 is 5.97 Å². The average molecular weight is 416 g/mol. The number of benzene rings is 1. The Hall–Kier alpha value is -3.11. The second kappa shape index (κ2) is 9.39. The first-order valence-corrected chi connectivity index (χ1v) is 9.79. The molecule has 2 heterocycles. The molecule has 0 atom stereocenters. The fourth-order valence-electron chi connectivity index (χ4n) is 2.55. The van der Waals surface area contributed by atoms with E-state index in [2.05, 4.69) is 15.4 Å². The maximum Gasteiger partial charge on any atom is 0.340 e. The van der Waals surface area contributed by atoms with Crippen LogP contribution in [0.15, 0.2) is 35.1 Å². The van der Waals surface area contributed by atoms with Gasteiger partial charge in [-0.05, 0) is 19.1 Å². The first-order valence-electron chi connectivity index (χ1n) is 8.98. The van der Waals surface area contributed by atoms with Crippen molar-refractivity contribution in [1.82, 2.24) is 14.6 Å². The minimum absolute atomic E-state index is 0.175. The smallest absolute Gasteiger partial charge is 0.340 e. The first-order chi connectivity index (χ1) is 14.0. The summed E-state index contributed by atoms with van der Waals surface area (Å²) >= 11 is 1.29. The summed E-state index contributed by atoms with van der Waals surface area (Å²) in [6.45, 7) is 4.22. The van der Waals surface area contributed by atoms with E-state index in [1.165, 1.54) is 28.8 Å². The summed E-state index contributed by atoms with van der Waals surface area (Å²) in [5.74, 6) is -0.922. The van der Waals surface area contributed by atoms with Crippen LogP contribution < -0.4 is 10.9 Å². The summed E-state index contributed by atoms with van der Waals surface area (Å²) < 4.78 is 11.8. The van der Waals surface area contributed by atoms with Crippen molar-refractivity contribution in [2.75, 3.05) is 18.5 Å². The molecule has 3 rings (SSSR count). The molecule has 1 N–H and O–H groups in total. The van der Waals surface area contributed by atoms with Crippen LogP contribution >= 0.6 is 11.3 Å². The normalized spacial score (nSPS) is 10.8. The average Bonchev–Trinajstić information content (AvgIpc) is 3.10. The van der Waals surface area contributed by atoms with Crippen molar-refractivity contribution >= 4 is 33.9 Å². The fourth-order valence-corrected chi connectivity index (χ4v) is 3.45. The lowest BCUT2D eigenvalue weighted by molar-refractivity contribution is -0.114. The van der Waals surface area contributed by atoms with Gasteiger partial charge in [0.2, 0.25) is 10.9 Å². The van der Waals surface area contributed by atoms with Gasteiger partial charge in [-0.25, -0.2) is 9.78 Å². The zero-order chi connectivity index (χ0) is 20.8. The summed E-state index contributed by atoms with van der Waals surface area (Å²) in [6, 6.07) is 7.81. The highest BCUT2D eigenvalue weighted by Gasteiger charge is 2.15. The fraction of sp³-hybridized carbons (Fsp3) is 0.316. The van der Waals surface area contributed by atoms with Gasteiger partial charge in [-0.2, -0.15) is 9.61 Å². The number of rotatable bonds is 8. The third-order valence-corrected chi connectivity index (χ3v) is 4.78. The van der Waals surface area contributed by atoms with Crippen LogP contribution in [0, 0.1) is 0 Å². The third-order valence-electron chi connectivity index (χ3n) is 3.81. The van der Waals surface area contributed by atoms with Gasteiger partial charge in [-0.15, -0.1) is 0 Å². The molecule has 1 aromatic carbocycles. The highest BCUT2D eigenvalue weighted by atomic mass is 32.1. The van der Waals surface area contributed by atoms with Gasteiger partial charge in [0.1, 0.15) is 11.6 Å². The Morgan fingerprint density at radius 1 is 1.28 bits per heavy atom. The highest BCUT2D eigenvalue weighted by molar-refractivity contribution is 7.16. The van der Waals surface area contributed by atoms with Gasteiger partial charge in [0, 0.05) is 26.0 Å². The molecular weight excluding hydrogens is 396 g/mol. The molecule has 0 bridgehead atoms. The highest BCUT2D eigenvalue weighted by Crippen LogP contribution is 2.17. The van der Waals surface area contributed by atoms with E-state index in [9.17, 15) is 14.4 Å². The van der Waals surface area contributed by atoms with Crippen molar-refractivity contribution < 1.29 is 19.1 Å². The molecule has 29 heavy (non-hydrogen) atoms. The number of aromatic nitrogens is 3. The molecule has 152 valence electrons. The number of carbonyl (C=O) groups excluding carboxylic acids is 2. The molecule has 0 aliphatic heterocycles. The van der Waals surface area contributed by atoms with Crippen LogP contribution in [-0.4, -0.2) is 39.7 Å². The van der Waals surface area contributed by atoms with Crippen molar-refractivity contribution in [3.63, 3.8) is 0 Å². The summed E-state index contributed by atoms with van der Waals surface area (Å²) in [5.41, 5.74) is 0.547. The minimum atomic E-state index is -0.627. The molecule has 3 aromatic rings. The zero-order valence-electron chi connectivity index (χ0n) is 16.0. The maximum absolute atomic E-state index is 12.4. The molecule has 0 aliphatic rings. The Labute approximate surface area is 170 Å². The quantitative estimate of drug-likeness (QED) is 0.442. The molecule has 0 unspecified atom stereocenters. The van der Waals surface area contributed by atoms with Crippen LogP contribution in [0.5, 0.6) is 0 Å². The molecule has 1 amide bonds. The number of carbonyl (C=O) groups is 2. The maximum atomic E-state index is 12.4. The largest absolute Gasteiger partial charge is 0.456 e. The minimum Gasteiger partial charge on any atom is -0.456 e. The summed E-state index contributed by atoms with van der Waals surface area (Å²) in [6.07, 6.45) is 0.589. The SMILES string of the molecule is CCOCCc1nn2c(=O)cc(COC(=O)c3ccccc3NC(C)=O)nc2s1. The molecule has 0 radical (unpaired) electrons. The van der Waals surface area contributed by atoms with Gasteiger partial charge in [0.25, 0.3) is 5.56 Å². The molecule has 0 saturated heterocycles. The van der Waals surface area contributed by atoms with E-state index in [0.29, 0.717) is 36.0 Å². The van der Waals surface area contributed by atoms with Crippen LogP contribution in [0.3, 0.4) is 0 Å². The van der Waals surface area contributed by atoms with Crippen LogP contribution in [-0.2, 0) is 27.3 Å². The van der Waals surface area contributed by atoms with Gasteiger partial charge in [-0.1, -0.05) is 23.5 Å². The van der Waals surface area contributed by atoms with Gasteiger partial charge < -0.3 is 14.8 Å². The monoisotopic (exact) mass is 416 g/mol. The molecular formula is C19H20N4O5S. The van der Waals surface area contributed by atoms with Crippen LogP contribution in [0.1, 0.15) is 34.9 Å². The Morgan fingerprint density at radius 2 is 2.07 bits per heavy atom. The predicted octanol–water partition coefficient (Wildman–Crippen LogP) is 2.05. The van der Waals surface area contributed by atoms with Crippen molar-refractivity contribution in [2.45, 2.75) is 26.9 Å². The Balaban J connectivity index is 1.73. The lowest BCUT2D eigenvalue weighted by Crippen LogP contribution is -2.17. The van der Waals surface area contributed by atoms with E-state index in [4.69, 9.17) is 9.47 Å². The third kappa shape index (κ3) is 5.24. The second-order valence-corrected chi connectivity index (χ2v) is 7.07. The number of ether oxygens (including phenoxy) is 2. The molecule has 9 nitrogen and oxygen atoms in total. The molecule has 0 aliphatic carbocycles. The molecule has 0 fully saturated rings. The predicted molar refractivity (Wildman–Crippen MR) is 107 cm³/mol.